The standard InChI is InChI=1S/C11H8ClNOS/c12-9-4-1-5-13-11(9)10(14)7-8-3-2-6-15-8/h1-6H,7H2. The van der Waals surface area contributed by atoms with Crippen LogP contribution in [-0.2, 0) is 6.42 Å². The van der Waals surface area contributed by atoms with Crippen LogP contribution >= 0.6 is 22.9 Å². The number of aromatic nitrogens is 1. The van der Waals surface area contributed by atoms with Crippen LogP contribution in [0.5, 0.6) is 0 Å². The fourth-order valence-corrected chi connectivity index (χ4v) is 2.18. The molecule has 2 nitrogen and oxygen atoms in total. The zero-order valence-electron chi connectivity index (χ0n) is 7.81. The van der Waals surface area contributed by atoms with Crippen LogP contribution in [0.15, 0.2) is 35.8 Å². The van der Waals surface area contributed by atoms with Gasteiger partial charge in [-0.2, -0.15) is 0 Å². The van der Waals surface area contributed by atoms with E-state index in [1.807, 2.05) is 17.5 Å². The van der Waals surface area contributed by atoms with Crippen molar-refractivity contribution < 1.29 is 4.79 Å². The summed E-state index contributed by atoms with van der Waals surface area (Å²) in [7, 11) is 0. The predicted molar refractivity (Wildman–Crippen MR) is 61.6 cm³/mol. The molecule has 0 N–H and O–H groups in total. The van der Waals surface area contributed by atoms with Crippen molar-refractivity contribution in [2.24, 2.45) is 0 Å². The van der Waals surface area contributed by atoms with E-state index in [9.17, 15) is 4.79 Å². The van der Waals surface area contributed by atoms with Crippen molar-refractivity contribution >= 4 is 28.7 Å². The maximum Gasteiger partial charge on any atom is 0.187 e. The molecule has 0 aliphatic carbocycles. The minimum absolute atomic E-state index is 0.0388. The van der Waals surface area contributed by atoms with Crippen LogP contribution in [0.3, 0.4) is 0 Å². The van der Waals surface area contributed by atoms with Crippen molar-refractivity contribution in [2.75, 3.05) is 0 Å². The molecule has 15 heavy (non-hydrogen) atoms. The molecular weight excluding hydrogens is 230 g/mol. The van der Waals surface area contributed by atoms with Gasteiger partial charge >= 0.3 is 0 Å². The first-order valence-corrected chi connectivity index (χ1v) is 5.69. The summed E-state index contributed by atoms with van der Waals surface area (Å²) < 4.78 is 0. The van der Waals surface area contributed by atoms with Crippen LogP contribution in [0.1, 0.15) is 15.4 Å². The Hall–Kier alpha value is -1.19. The molecule has 2 aromatic heterocycles. The minimum Gasteiger partial charge on any atom is -0.292 e. The second-order valence-corrected chi connectivity index (χ2v) is 4.45. The maximum atomic E-state index is 11.8. The highest BCUT2D eigenvalue weighted by molar-refractivity contribution is 7.10. The lowest BCUT2D eigenvalue weighted by molar-refractivity contribution is 0.0989. The highest BCUT2D eigenvalue weighted by atomic mass is 35.5. The highest BCUT2D eigenvalue weighted by Crippen LogP contribution is 2.17. The molecule has 0 unspecified atom stereocenters. The van der Waals surface area contributed by atoms with Crippen LogP contribution in [0.25, 0.3) is 0 Å². The SMILES string of the molecule is O=C(Cc1cccs1)c1ncccc1Cl. The van der Waals surface area contributed by atoms with Crippen molar-refractivity contribution in [1.29, 1.82) is 0 Å². The second-order valence-electron chi connectivity index (χ2n) is 3.01. The van der Waals surface area contributed by atoms with Gasteiger partial charge in [-0.15, -0.1) is 11.3 Å². The summed E-state index contributed by atoms with van der Waals surface area (Å²) in [6.07, 6.45) is 1.95. The van der Waals surface area contributed by atoms with Crippen molar-refractivity contribution in [3.8, 4) is 0 Å². The van der Waals surface area contributed by atoms with Gasteiger partial charge in [0.2, 0.25) is 0 Å². The fourth-order valence-electron chi connectivity index (χ4n) is 1.25. The number of rotatable bonds is 3. The molecule has 0 saturated heterocycles. The van der Waals surface area contributed by atoms with Crippen LogP contribution in [-0.4, -0.2) is 10.8 Å². The van der Waals surface area contributed by atoms with Crippen molar-refractivity contribution in [1.82, 2.24) is 4.98 Å². The topological polar surface area (TPSA) is 30.0 Å². The lowest BCUT2D eigenvalue weighted by atomic mass is 10.2. The first kappa shape index (κ1) is 10.3. The van der Waals surface area contributed by atoms with Crippen molar-refractivity contribution in [3.05, 3.63) is 51.4 Å². The largest absolute Gasteiger partial charge is 0.292 e. The quantitative estimate of drug-likeness (QED) is 0.768. The smallest absolute Gasteiger partial charge is 0.187 e. The molecule has 0 amide bonds. The molecule has 0 aromatic carbocycles. The number of pyridine rings is 1. The minimum atomic E-state index is -0.0388. The third kappa shape index (κ3) is 2.43. The number of thiophene rings is 1. The zero-order chi connectivity index (χ0) is 10.7. The van der Waals surface area contributed by atoms with E-state index in [0.29, 0.717) is 17.1 Å². The molecule has 0 aliphatic heterocycles. The van der Waals surface area contributed by atoms with E-state index in [2.05, 4.69) is 4.98 Å². The second kappa shape index (κ2) is 4.55. The van der Waals surface area contributed by atoms with Gasteiger partial charge in [0.05, 0.1) is 5.02 Å². The number of carbonyl (C=O) groups excluding carboxylic acids is 1. The monoisotopic (exact) mass is 237 g/mol. The van der Waals surface area contributed by atoms with Crippen LogP contribution in [0, 0.1) is 0 Å². The lowest BCUT2D eigenvalue weighted by Gasteiger charge is -2.00. The van der Waals surface area contributed by atoms with Crippen LogP contribution < -0.4 is 0 Å². The Labute approximate surface area is 96.5 Å². The number of carbonyl (C=O) groups is 1. The Balaban J connectivity index is 2.19. The molecule has 0 bridgehead atoms. The first-order valence-electron chi connectivity index (χ1n) is 4.43. The lowest BCUT2D eigenvalue weighted by Crippen LogP contribution is -2.05. The third-order valence-electron chi connectivity index (χ3n) is 1.94. The summed E-state index contributed by atoms with van der Waals surface area (Å²) in [4.78, 5) is 16.8. The molecule has 0 aliphatic rings. The van der Waals surface area contributed by atoms with E-state index >= 15 is 0 Å². The fraction of sp³-hybridized carbons (Fsp3) is 0.0909. The Kier molecular flexibility index (Phi) is 3.14. The average Bonchev–Trinajstić information content (AvgIpc) is 2.71. The van der Waals surface area contributed by atoms with Gasteiger partial charge in [0.1, 0.15) is 5.69 Å². The summed E-state index contributed by atoms with van der Waals surface area (Å²) in [5.41, 5.74) is 0.354. The summed E-state index contributed by atoms with van der Waals surface area (Å²) in [5.74, 6) is -0.0388. The summed E-state index contributed by atoms with van der Waals surface area (Å²) in [5, 5.41) is 2.36. The normalized spacial score (nSPS) is 10.2. The highest BCUT2D eigenvalue weighted by Gasteiger charge is 2.12. The van der Waals surface area contributed by atoms with E-state index in [0.717, 1.165) is 4.88 Å². The van der Waals surface area contributed by atoms with Gasteiger partial charge < -0.3 is 0 Å². The van der Waals surface area contributed by atoms with Crippen LogP contribution in [0.4, 0.5) is 0 Å². The molecule has 0 radical (unpaired) electrons. The van der Waals surface area contributed by atoms with Crippen LogP contribution in [0.2, 0.25) is 5.02 Å². The first-order chi connectivity index (χ1) is 7.27. The number of hydrogen-bond acceptors (Lipinski definition) is 3. The van der Waals surface area contributed by atoms with Gasteiger partial charge in [0.25, 0.3) is 0 Å². The maximum absolute atomic E-state index is 11.8. The number of ketones is 1. The number of nitrogens with zero attached hydrogens (tertiary/aromatic N) is 1. The number of Topliss-reactive ketones (excluding diaryl/α,β-unsaturated/α-hetero) is 1. The average molecular weight is 238 g/mol. The molecule has 0 spiro atoms. The van der Waals surface area contributed by atoms with E-state index in [1.165, 1.54) is 0 Å². The Bertz CT molecular complexity index is 467. The molecular formula is C11H8ClNOS. The third-order valence-corrected chi connectivity index (χ3v) is 3.12. The predicted octanol–water partition coefficient (Wildman–Crippen LogP) is 3.22. The van der Waals surface area contributed by atoms with Gasteiger partial charge in [0, 0.05) is 17.5 Å². The van der Waals surface area contributed by atoms with Crippen molar-refractivity contribution in [2.45, 2.75) is 6.42 Å². The summed E-state index contributed by atoms with van der Waals surface area (Å²) in [6.45, 7) is 0. The molecule has 2 aromatic rings. The Morgan fingerprint density at radius 3 is 2.93 bits per heavy atom. The van der Waals surface area contributed by atoms with E-state index in [1.54, 1.807) is 29.7 Å². The molecule has 0 fully saturated rings. The number of halogens is 1. The van der Waals surface area contributed by atoms with E-state index < -0.39 is 0 Å². The molecule has 2 rings (SSSR count). The molecule has 0 saturated carbocycles. The Morgan fingerprint density at radius 1 is 1.40 bits per heavy atom. The van der Waals surface area contributed by atoms with E-state index in [4.69, 9.17) is 11.6 Å². The Morgan fingerprint density at radius 2 is 2.27 bits per heavy atom. The number of hydrogen-bond donors (Lipinski definition) is 0. The van der Waals surface area contributed by atoms with Gasteiger partial charge in [-0.05, 0) is 23.6 Å². The van der Waals surface area contributed by atoms with Crippen molar-refractivity contribution in [3.63, 3.8) is 0 Å². The van der Waals surface area contributed by atoms with Gasteiger partial charge in [-0.25, -0.2) is 0 Å². The molecule has 4 heteroatoms. The zero-order valence-corrected chi connectivity index (χ0v) is 9.39. The molecule has 0 atom stereocenters. The molecule has 2 heterocycles. The summed E-state index contributed by atoms with van der Waals surface area (Å²) in [6, 6.07) is 7.24. The van der Waals surface area contributed by atoms with E-state index in [-0.39, 0.29) is 5.78 Å². The van der Waals surface area contributed by atoms with Gasteiger partial charge in [-0.1, -0.05) is 17.7 Å². The summed E-state index contributed by atoms with van der Waals surface area (Å²) >= 11 is 7.44. The molecule has 76 valence electrons. The van der Waals surface area contributed by atoms with Gasteiger partial charge in [0.15, 0.2) is 5.78 Å². The van der Waals surface area contributed by atoms with Gasteiger partial charge in [-0.3, -0.25) is 9.78 Å².